The molecule has 214 valence electrons. The molecule has 0 fully saturated rings. The highest BCUT2D eigenvalue weighted by Crippen LogP contribution is 2.40. The Balaban J connectivity index is 1.59. The number of aryl methyl sites for hydroxylation is 6. The summed E-state index contributed by atoms with van der Waals surface area (Å²) in [4.78, 5) is 5.24. The van der Waals surface area contributed by atoms with Crippen molar-refractivity contribution in [3.05, 3.63) is 118 Å². The molecule has 43 heavy (non-hydrogen) atoms. The lowest BCUT2D eigenvalue weighted by Gasteiger charge is -2.16. The van der Waals surface area contributed by atoms with Crippen LogP contribution in [-0.4, -0.2) is 14.1 Å². The minimum atomic E-state index is 0.254. The highest BCUT2D eigenvalue weighted by Gasteiger charge is 2.22. The van der Waals surface area contributed by atoms with Crippen LogP contribution < -0.4 is 0 Å². The van der Waals surface area contributed by atoms with Crippen molar-refractivity contribution in [2.45, 2.75) is 61.4 Å². The molecule has 0 N–H and O–H groups in total. The van der Waals surface area contributed by atoms with Crippen LogP contribution in [0.1, 0.15) is 53.3 Å². The van der Waals surface area contributed by atoms with E-state index >= 15 is 0 Å². The van der Waals surface area contributed by atoms with E-state index in [9.17, 15) is 0 Å². The van der Waals surface area contributed by atoms with Crippen molar-refractivity contribution in [3.8, 4) is 28.2 Å². The number of benzene rings is 5. The van der Waals surface area contributed by atoms with Gasteiger partial charge in [-0.05, 0) is 136 Å². The van der Waals surface area contributed by atoms with Gasteiger partial charge >= 0.3 is 0 Å². The van der Waals surface area contributed by atoms with Gasteiger partial charge in [-0.1, -0.05) is 59.7 Å². The normalized spacial score (nSPS) is 11.9. The van der Waals surface area contributed by atoms with Crippen molar-refractivity contribution < 1.29 is 0 Å². The maximum atomic E-state index is 5.24. The minimum Gasteiger partial charge on any atom is -0.307 e. The van der Waals surface area contributed by atoms with E-state index in [1.165, 1.54) is 77.4 Å². The lowest BCUT2D eigenvalue weighted by atomic mass is 9.91. The predicted octanol–water partition coefficient (Wildman–Crippen LogP) is 10.9. The fourth-order valence-corrected chi connectivity index (χ4v) is 7.52. The van der Waals surface area contributed by atoms with Gasteiger partial charge in [0.25, 0.3) is 0 Å². The molecule has 0 spiro atoms. The molecule has 5 aromatic carbocycles. The summed E-state index contributed by atoms with van der Waals surface area (Å²) in [6, 6.07) is 31.9. The topological polar surface area (TPSA) is 22.8 Å². The smallest absolute Gasteiger partial charge is 0.216 e. The number of imidazole rings is 1. The second-order valence-electron chi connectivity index (χ2n) is 12.7. The van der Waals surface area contributed by atoms with Gasteiger partial charge in [-0.3, -0.25) is 4.57 Å². The van der Waals surface area contributed by atoms with Crippen LogP contribution in [0.5, 0.6) is 0 Å². The highest BCUT2D eigenvalue weighted by atomic mass is 15.3. The SMILES string of the molecule is Cc1cc(C)c(-c2ccc3c(c2)c2cc(-c4c(C)cc(C)cc4C)ccc2n3-c2nc3ccccc3n2C(C)C)c(C)c1. The molecule has 7 aromatic rings. The van der Waals surface area contributed by atoms with Crippen LogP contribution in [0, 0.1) is 41.5 Å². The van der Waals surface area contributed by atoms with Gasteiger partial charge in [-0.2, -0.15) is 0 Å². The summed E-state index contributed by atoms with van der Waals surface area (Å²) >= 11 is 0. The Labute approximate surface area is 254 Å². The van der Waals surface area contributed by atoms with Crippen LogP contribution in [0.2, 0.25) is 0 Å². The van der Waals surface area contributed by atoms with Gasteiger partial charge in [0.15, 0.2) is 0 Å². The molecule has 2 heterocycles. The molecule has 0 aliphatic rings. The van der Waals surface area contributed by atoms with Gasteiger partial charge in [-0.15, -0.1) is 0 Å². The number of rotatable bonds is 4. The standard InChI is InChI=1S/C40H39N3/c1-23(2)42-37-12-10-9-11-34(37)41-40(42)43-35-15-13-30(38-26(5)17-24(3)18-27(38)6)21-32(35)33-22-31(14-16-36(33)43)39-28(7)19-25(4)20-29(39)8/h9-23H,1-8H3. The lowest BCUT2D eigenvalue weighted by Crippen LogP contribution is -2.09. The Kier molecular flexibility index (Phi) is 6.32. The molecule has 0 aliphatic carbocycles. The molecule has 0 unspecified atom stereocenters. The first-order valence-electron chi connectivity index (χ1n) is 15.3. The Morgan fingerprint density at radius 1 is 0.535 bits per heavy atom. The fraction of sp³-hybridized carbons (Fsp3) is 0.225. The van der Waals surface area contributed by atoms with Gasteiger partial charge in [0, 0.05) is 16.8 Å². The third-order valence-electron chi connectivity index (χ3n) is 8.99. The molecule has 3 heteroatoms. The molecule has 2 aromatic heterocycles. The third-order valence-corrected chi connectivity index (χ3v) is 8.99. The quantitative estimate of drug-likeness (QED) is 0.210. The molecular formula is C40H39N3. The predicted molar refractivity (Wildman–Crippen MR) is 184 cm³/mol. The monoisotopic (exact) mass is 561 g/mol. The summed E-state index contributed by atoms with van der Waals surface area (Å²) < 4.78 is 4.75. The Morgan fingerprint density at radius 2 is 1.00 bits per heavy atom. The molecule has 0 radical (unpaired) electrons. The molecule has 0 bridgehead atoms. The summed E-state index contributed by atoms with van der Waals surface area (Å²) in [5.41, 5.74) is 17.5. The van der Waals surface area contributed by atoms with Crippen LogP contribution in [0.3, 0.4) is 0 Å². The van der Waals surface area contributed by atoms with E-state index in [0.29, 0.717) is 0 Å². The van der Waals surface area contributed by atoms with Gasteiger partial charge in [0.1, 0.15) is 0 Å². The van der Waals surface area contributed by atoms with Gasteiger partial charge in [0.2, 0.25) is 5.95 Å². The Bertz CT molecular complexity index is 2060. The van der Waals surface area contributed by atoms with Crippen molar-refractivity contribution in [2.75, 3.05) is 0 Å². The number of para-hydroxylation sites is 2. The molecule has 0 aliphatic heterocycles. The van der Waals surface area contributed by atoms with E-state index in [1.807, 2.05) is 0 Å². The summed E-state index contributed by atoms with van der Waals surface area (Å²) in [5.74, 6) is 0.960. The first-order chi connectivity index (χ1) is 20.6. The van der Waals surface area contributed by atoms with Crippen LogP contribution in [0.4, 0.5) is 0 Å². The average Bonchev–Trinajstić information content (AvgIpc) is 3.47. The summed E-state index contributed by atoms with van der Waals surface area (Å²) in [6.07, 6.45) is 0. The van der Waals surface area contributed by atoms with E-state index in [0.717, 1.165) is 17.0 Å². The molecule has 0 amide bonds. The first-order valence-corrected chi connectivity index (χ1v) is 15.3. The maximum Gasteiger partial charge on any atom is 0.216 e. The highest BCUT2D eigenvalue weighted by molar-refractivity contribution is 6.12. The molecule has 0 saturated heterocycles. The van der Waals surface area contributed by atoms with Crippen molar-refractivity contribution in [1.29, 1.82) is 0 Å². The maximum absolute atomic E-state index is 5.24. The third kappa shape index (κ3) is 4.29. The summed E-state index contributed by atoms with van der Waals surface area (Å²) in [5, 5.41) is 2.50. The van der Waals surface area contributed by atoms with Gasteiger partial charge in [0.05, 0.1) is 22.1 Å². The van der Waals surface area contributed by atoms with E-state index < -0.39 is 0 Å². The van der Waals surface area contributed by atoms with Crippen molar-refractivity contribution in [1.82, 2.24) is 14.1 Å². The van der Waals surface area contributed by atoms with Crippen molar-refractivity contribution >= 4 is 32.8 Å². The second kappa shape index (κ2) is 9.98. The van der Waals surface area contributed by atoms with E-state index in [1.54, 1.807) is 0 Å². The number of aromatic nitrogens is 3. The molecule has 0 atom stereocenters. The Hall–Kier alpha value is -4.63. The van der Waals surface area contributed by atoms with E-state index in [4.69, 9.17) is 4.98 Å². The molecule has 7 rings (SSSR count). The molecule has 0 saturated carbocycles. The largest absolute Gasteiger partial charge is 0.307 e. The zero-order valence-corrected chi connectivity index (χ0v) is 26.5. The lowest BCUT2D eigenvalue weighted by molar-refractivity contribution is 0.605. The van der Waals surface area contributed by atoms with Gasteiger partial charge < -0.3 is 4.57 Å². The Morgan fingerprint density at radius 3 is 1.47 bits per heavy atom. The van der Waals surface area contributed by atoms with E-state index in [2.05, 4.69) is 149 Å². The number of fused-ring (bicyclic) bond motifs is 4. The second-order valence-corrected chi connectivity index (χ2v) is 12.7. The average molecular weight is 562 g/mol. The van der Waals surface area contributed by atoms with Crippen LogP contribution >= 0.6 is 0 Å². The summed E-state index contributed by atoms with van der Waals surface area (Å²) in [7, 11) is 0. The fourth-order valence-electron chi connectivity index (χ4n) is 7.52. The van der Waals surface area contributed by atoms with E-state index in [-0.39, 0.29) is 6.04 Å². The zero-order chi connectivity index (χ0) is 30.2. The number of hydrogen-bond acceptors (Lipinski definition) is 1. The van der Waals surface area contributed by atoms with Gasteiger partial charge in [-0.25, -0.2) is 4.98 Å². The van der Waals surface area contributed by atoms with Crippen LogP contribution in [0.15, 0.2) is 84.9 Å². The van der Waals surface area contributed by atoms with Crippen LogP contribution in [0.25, 0.3) is 61.0 Å². The minimum absolute atomic E-state index is 0.254. The number of nitrogens with zero attached hydrogens (tertiary/aromatic N) is 3. The van der Waals surface area contributed by atoms with Crippen LogP contribution in [-0.2, 0) is 0 Å². The zero-order valence-electron chi connectivity index (χ0n) is 26.5. The first kappa shape index (κ1) is 27.2. The summed E-state index contributed by atoms with van der Waals surface area (Å²) in [6.45, 7) is 17.8. The number of hydrogen-bond donors (Lipinski definition) is 0. The van der Waals surface area contributed by atoms with Crippen molar-refractivity contribution in [3.63, 3.8) is 0 Å². The van der Waals surface area contributed by atoms with Crippen molar-refractivity contribution in [2.24, 2.45) is 0 Å². The molecular weight excluding hydrogens is 522 g/mol. The molecule has 3 nitrogen and oxygen atoms in total.